The zero-order valence-electron chi connectivity index (χ0n) is 21.5. The van der Waals surface area contributed by atoms with Crippen LogP contribution in [0.15, 0.2) is 97.3 Å². The molecule has 6 rings (SSSR count). The first kappa shape index (κ1) is 24.6. The van der Waals surface area contributed by atoms with E-state index in [9.17, 15) is 4.79 Å². The van der Waals surface area contributed by atoms with E-state index >= 15 is 0 Å². The van der Waals surface area contributed by atoms with Gasteiger partial charge in [-0.2, -0.15) is 5.10 Å². The number of nitrogens with zero attached hydrogens (tertiary/aromatic N) is 4. The quantitative estimate of drug-likeness (QED) is 0.309. The molecule has 5 aromatic rings. The summed E-state index contributed by atoms with van der Waals surface area (Å²) < 4.78 is 7.59. The summed E-state index contributed by atoms with van der Waals surface area (Å²) >= 11 is 0. The van der Waals surface area contributed by atoms with Gasteiger partial charge >= 0.3 is 0 Å². The highest BCUT2D eigenvalue weighted by molar-refractivity contribution is 6.03. The van der Waals surface area contributed by atoms with Crippen molar-refractivity contribution in [3.8, 4) is 16.9 Å². The van der Waals surface area contributed by atoms with E-state index < -0.39 is 0 Å². The van der Waals surface area contributed by atoms with Crippen molar-refractivity contribution in [2.45, 2.75) is 25.5 Å². The number of nitrogens with one attached hydrogen (secondary N) is 1. The van der Waals surface area contributed by atoms with Gasteiger partial charge in [-0.3, -0.25) is 4.79 Å². The van der Waals surface area contributed by atoms with Crippen molar-refractivity contribution in [2.24, 2.45) is 5.73 Å². The lowest BCUT2D eigenvalue weighted by Gasteiger charge is -2.32. The molecular weight excluding hydrogens is 488 g/mol. The molecule has 39 heavy (non-hydrogen) atoms. The highest BCUT2D eigenvalue weighted by Crippen LogP contribution is 2.27. The molecule has 1 amide bonds. The van der Waals surface area contributed by atoms with E-state index in [1.807, 2.05) is 72.8 Å². The van der Waals surface area contributed by atoms with E-state index in [0.717, 1.165) is 59.7 Å². The van der Waals surface area contributed by atoms with E-state index in [-0.39, 0.29) is 11.9 Å². The Balaban J connectivity index is 1.17. The van der Waals surface area contributed by atoms with Crippen LogP contribution in [0.2, 0.25) is 0 Å². The maximum atomic E-state index is 13.1. The van der Waals surface area contributed by atoms with Crippen LogP contribution in [0.4, 0.5) is 11.4 Å². The van der Waals surface area contributed by atoms with Crippen LogP contribution in [-0.2, 0) is 6.61 Å². The number of anilines is 2. The third-order valence-electron chi connectivity index (χ3n) is 7.02. The molecular formula is C31H30N6O2. The highest BCUT2D eigenvalue weighted by Gasteiger charge is 2.18. The van der Waals surface area contributed by atoms with Gasteiger partial charge in [0.15, 0.2) is 5.65 Å². The predicted octanol–water partition coefficient (Wildman–Crippen LogP) is 5.16. The molecule has 0 saturated carbocycles. The van der Waals surface area contributed by atoms with Crippen LogP contribution in [0.5, 0.6) is 5.75 Å². The second-order valence-electron chi connectivity index (χ2n) is 9.77. The van der Waals surface area contributed by atoms with Crippen LogP contribution >= 0.6 is 0 Å². The number of piperidine rings is 1. The fourth-order valence-electron chi connectivity index (χ4n) is 4.80. The SMILES string of the molecule is NC1CCN(c2cccc(NC(=O)c3ccn4ncc(-c5ccc(OCc6ccccc6)cc5)c4n3)c2)CC1. The molecule has 1 aliphatic rings. The Kier molecular flexibility index (Phi) is 6.93. The van der Waals surface area contributed by atoms with Crippen LogP contribution in [0.25, 0.3) is 16.8 Å². The molecule has 196 valence electrons. The maximum absolute atomic E-state index is 13.1. The summed E-state index contributed by atoms with van der Waals surface area (Å²) in [5.41, 5.74) is 11.7. The van der Waals surface area contributed by atoms with E-state index in [0.29, 0.717) is 17.9 Å². The number of rotatable bonds is 7. The summed E-state index contributed by atoms with van der Waals surface area (Å²) in [5, 5.41) is 7.42. The average Bonchev–Trinajstić information content (AvgIpc) is 3.41. The summed E-state index contributed by atoms with van der Waals surface area (Å²) in [6, 6.07) is 27.7. The van der Waals surface area contributed by atoms with Gasteiger partial charge in [0.05, 0.1) is 6.20 Å². The minimum Gasteiger partial charge on any atom is -0.489 e. The van der Waals surface area contributed by atoms with E-state index in [2.05, 4.69) is 26.4 Å². The lowest BCUT2D eigenvalue weighted by Crippen LogP contribution is -2.39. The molecule has 3 heterocycles. The van der Waals surface area contributed by atoms with Crippen molar-refractivity contribution in [1.82, 2.24) is 14.6 Å². The number of amides is 1. The van der Waals surface area contributed by atoms with Crippen LogP contribution in [-0.4, -0.2) is 39.6 Å². The Morgan fingerprint density at radius 2 is 1.77 bits per heavy atom. The third-order valence-corrected chi connectivity index (χ3v) is 7.02. The fraction of sp³-hybridized carbons (Fsp3) is 0.194. The molecule has 1 fully saturated rings. The van der Waals surface area contributed by atoms with E-state index in [1.54, 1.807) is 23.0 Å². The van der Waals surface area contributed by atoms with Gasteiger partial charge < -0.3 is 20.7 Å². The van der Waals surface area contributed by atoms with Gasteiger partial charge in [-0.05, 0) is 60.4 Å². The van der Waals surface area contributed by atoms with Gasteiger partial charge in [0, 0.05) is 42.3 Å². The van der Waals surface area contributed by atoms with E-state index in [1.165, 1.54) is 0 Å². The standard InChI is InChI=1S/C31H30N6O2/c32-24-13-16-36(17-14-24)26-8-4-7-25(19-26)34-31(38)29-15-18-37-30(35-29)28(20-33-37)23-9-11-27(12-10-23)39-21-22-5-2-1-3-6-22/h1-12,15,18-20,24H,13-14,16-17,21,32H2,(H,34,38). The molecule has 8 heteroatoms. The minimum atomic E-state index is -0.271. The summed E-state index contributed by atoms with van der Waals surface area (Å²) in [5.74, 6) is 0.508. The van der Waals surface area contributed by atoms with Crippen molar-refractivity contribution in [3.05, 3.63) is 109 Å². The van der Waals surface area contributed by atoms with Crippen LogP contribution < -0.4 is 20.7 Å². The van der Waals surface area contributed by atoms with Crippen LogP contribution in [0.3, 0.4) is 0 Å². The van der Waals surface area contributed by atoms with Gasteiger partial charge in [-0.1, -0.05) is 48.5 Å². The van der Waals surface area contributed by atoms with Crippen molar-refractivity contribution >= 4 is 22.9 Å². The molecule has 0 atom stereocenters. The topological polar surface area (TPSA) is 97.8 Å². The Morgan fingerprint density at radius 3 is 2.56 bits per heavy atom. The van der Waals surface area contributed by atoms with Crippen molar-refractivity contribution in [3.63, 3.8) is 0 Å². The molecule has 3 aromatic carbocycles. The fourth-order valence-corrected chi connectivity index (χ4v) is 4.80. The summed E-state index contributed by atoms with van der Waals surface area (Å²) in [6.07, 6.45) is 5.46. The number of fused-ring (bicyclic) bond motifs is 1. The zero-order chi connectivity index (χ0) is 26.6. The molecule has 1 aliphatic heterocycles. The summed E-state index contributed by atoms with van der Waals surface area (Å²) in [6.45, 7) is 2.34. The minimum absolute atomic E-state index is 0.268. The smallest absolute Gasteiger partial charge is 0.274 e. The van der Waals surface area contributed by atoms with Gasteiger partial charge in [-0.25, -0.2) is 9.50 Å². The Hall–Kier alpha value is -4.69. The van der Waals surface area contributed by atoms with Crippen LogP contribution in [0, 0.1) is 0 Å². The average molecular weight is 519 g/mol. The largest absolute Gasteiger partial charge is 0.489 e. The molecule has 1 saturated heterocycles. The summed E-state index contributed by atoms with van der Waals surface area (Å²) in [4.78, 5) is 20.1. The Labute approximate surface area is 227 Å². The molecule has 8 nitrogen and oxygen atoms in total. The number of hydrogen-bond donors (Lipinski definition) is 2. The molecule has 2 aromatic heterocycles. The third kappa shape index (κ3) is 5.61. The molecule has 0 unspecified atom stereocenters. The predicted molar refractivity (Wildman–Crippen MR) is 153 cm³/mol. The number of ether oxygens (including phenoxy) is 1. The Morgan fingerprint density at radius 1 is 0.974 bits per heavy atom. The maximum Gasteiger partial charge on any atom is 0.274 e. The summed E-state index contributed by atoms with van der Waals surface area (Å²) in [7, 11) is 0. The first-order valence-electron chi connectivity index (χ1n) is 13.2. The number of hydrogen-bond acceptors (Lipinski definition) is 6. The monoisotopic (exact) mass is 518 g/mol. The first-order chi connectivity index (χ1) is 19.1. The first-order valence-corrected chi connectivity index (χ1v) is 13.2. The van der Waals surface area contributed by atoms with Crippen LogP contribution in [0.1, 0.15) is 28.9 Å². The Bertz CT molecular complexity index is 1570. The second kappa shape index (κ2) is 11.0. The number of nitrogens with two attached hydrogens (primary N) is 1. The number of carbonyl (C=O) groups excluding carboxylic acids is 1. The van der Waals surface area contributed by atoms with Gasteiger partial charge in [0.1, 0.15) is 18.1 Å². The second-order valence-corrected chi connectivity index (χ2v) is 9.77. The van der Waals surface area contributed by atoms with E-state index in [4.69, 9.17) is 10.5 Å². The van der Waals surface area contributed by atoms with Crippen molar-refractivity contribution in [2.75, 3.05) is 23.3 Å². The van der Waals surface area contributed by atoms with Gasteiger partial charge in [-0.15, -0.1) is 0 Å². The zero-order valence-corrected chi connectivity index (χ0v) is 21.5. The molecule has 0 bridgehead atoms. The van der Waals surface area contributed by atoms with Crippen molar-refractivity contribution in [1.29, 1.82) is 0 Å². The molecule has 0 spiro atoms. The normalized spacial score (nSPS) is 13.9. The lowest BCUT2D eigenvalue weighted by atomic mass is 10.1. The molecule has 0 radical (unpaired) electrons. The molecule has 0 aliphatic carbocycles. The number of carbonyl (C=O) groups is 1. The number of aromatic nitrogens is 3. The molecule has 3 N–H and O–H groups in total. The van der Waals surface area contributed by atoms with Gasteiger partial charge in [0.2, 0.25) is 0 Å². The van der Waals surface area contributed by atoms with Crippen molar-refractivity contribution < 1.29 is 9.53 Å². The van der Waals surface area contributed by atoms with Gasteiger partial charge in [0.25, 0.3) is 5.91 Å². The number of benzene rings is 3. The highest BCUT2D eigenvalue weighted by atomic mass is 16.5. The lowest BCUT2D eigenvalue weighted by molar-refractivity contribution is 0.102.